The molecule has 0 saturated carbocycles. The third-order valence-electron chi connectivity index (χ3n) is 3.65. The highest BCUT2D eigenvalue weighted by Crippen LogP contribution is 2.27. The van der Waals surface area contributed by atoms with Gasteiger partial charge in [0.1, 0.15) is 12.2 Å². The van der Waals surface area contributed by atoms with Gasteiger partial charge in [0.05, 0.1) is 0 Å². The Morgan fingerprint density at radius 3 is 3.00 bits per heavy atom. The van der Waals surface area contributed by atoms with Gasteiger partial charge in [-0.05, 0) is 38.1 Å². The van der Waals surface area contributed by atoms with E-state index in [1.54, 1.807) is 11.9 Å². The quantitative estimate of drug-likeness (QED) is 0.639. The molecule has 2 unspecified atom stereocenters. The van der Waals surface area contributed by atoms with Crippen molar-refractivity contribution in [1.82, 2.24) is 20.1 Å². The van der Waals surface area contributed by atoms with Gasteiger partial charge >= 0.3 is 0 Å². The molecule has 2 atom stereocenters. The second-order valence-corrected chi connectivity index (χ2v) is 5.61. The molecular weight excluding hydrogens is 224 g/mol. The number of aryl methyl sites for hydroxylation is 1. The molecule has 18 heavy (non-hydrogen) atoms. The van der Waals surface area contributed by atoms with Crippen LogP contribution in [0, 0.1) is 11.8 Å². The third-order valence-corrected chi connectivity index (χ3v) is 3.65. The van der Waals surface area contributed by atoms with Crippen LogP contribution in [0.5, 0.6) is 0 Å². The number of nitrogens with one attached hydrogen (secondary N) is 1. The van der Waals surface area contributed by atoms with E-state index in [0.717, 1.165) is 37.2 Å². The van der Waals surface area contributed by atoms with Crippen LogP contribution in [-0.2, 0) is 13.5 Å². The van der Waals surface area contributed by atoms with Crippen molar-refractivity contribution < 1.29 is 0 Å². The Labute approximate surface area is 109 Å². The molecule has 1 N–H and O–H groups in total. The molecule has 2 rings (SSSR count). The zero-order valence-corrected chi connectivity index (χ0v) is 11.7. The smallest absolute Gasteiger partial charge is 0.133 e. The zero-order valence-electron chi connectivity index (χ0n) is 11.7. The SMILES string of the molecule is CC1=CC(C)CC(CNCCc2nncn2C)C1. The first-order chi connectivity index (χ1) is 8.65. The predicted molar refractivity (Wildman–Crippen MR) is 73.2 cm³/mol. The van der Waals surface area contributed by atoms with Gasteiger partial charge in [-0.15, -0.1) is 10.2 Å². The van der Waals surface area contributed by atoms with Crippen LogP contribution in [0.15, 0.2) is 18.0 Å². The lowest BCUT2D eigenvalue weighted by molar-refractivity contribution is 0.382. The summed E-state index contributed by atoms with van der Waals surface area (Å²) in [4.78, 5) is 0. The molecule has 0 spiro atoms. The molecule has 0 amide bonds. The first-order valence-corrected chi connectivity index (χ1v) is 6.86. The topological polar surface area (TPSA) is 42.7 Å². The van der Waals surface area contributed by atoms with Gasteiger partial charge in [0, 0.05) is 20.0 Å². The van der Waals surface area contributed by atoms with Crippen LogP contribution >= 0.6 is 0 Å². The van der Waals surface area contributed by atoms with E-state index in [2.05, 4.69) is 35.4 Å². The number of allylic oxidation sites excluding steroid dienone is 2. The van der Waals surface area contributed by atoms with Crippen LogP contribution in [0.2, 0.25) is 0 Å². The molecule has 0 aliphatic heterocycles. The van der Waals surface area contributed by atoms with Gasteiger partial charge in [-0.1, -0.05) is 18.6 Å². The molecule has 1 heterocycles. The van der Waals surface area contributed by atoms with E-state index in [1.165, 1.54) is 12.8 Å². The molecule has 0 fully saturated rings. The van der Waals surface area contributed by atoms with Crippen molar-refractivity contribution in [2.45, 2.75) is 33.1 Å². The zero-order chi connectivity index (χ0) is 13.0. The summed E-state index contributed by atoms with van der Waals surface area (Å²) in [5, 5.41) is 11.5. The van der Waals surface area contributed by atoms with Crippen LogP contribution < -0.4 is 5.32 Å². The van der Waals surface area contributed by atoms with Gasteiger partial charge in [0.2, 0.25) is 0 Å². The van der Waals surface area contributed by atoms with Gasteiger partial charge in [0.15, 0.2) is 0 Å². The maximum Gasteiger partial charge on any atom is 0.133 e. The van der Waals surface area contributed by atoms with Crippen molar-refractivity contribution in [2.75, 3.05) is 13.1 Å². The second kappa shape index (κ2) is 6.14. The predicted octanol–water partition coefficient (Wildman–Crippen LogP) is 1.94. The first-order valence-electron chi connectivity index (χ1n) is 6.86. The van der Waals surface area contributed by atoms with Crippen molar-refractivity contribution in [3.8, 4) is 0 Å². The Hall–Kier alpha value is -1.16. The van der Waals surface area contributed by atoms with Crippen molar-refractivity contribution in [1.29, 1.82) is 0 Å². The molecule has 0 saturated heterocycles. The summed E-state index contributed by atoms with van der Waals surface area (Å²) in [5.74, 6) is 2.59. The third kappa shape index (κ3) is 3.67. The van der Waals surface area contributed by atoms with Gasteiger partial charge < -0.3 is 9.88 Å². The summed E-state index contributed by atoms with van der Waals surface area (Å²) in [6.07, 6.45) is 7.69. The summed E-state index contributed by atoms with van der Waals surface area (Å²) in [7, 11) is 1.99. The highest BCUT2D eigenvalue weighted by molar-refractivity contribution is 5.06. The molecule has 0 bridgehead atoms. The summed E-state index contributed by atoms with van der Waals surface area (Å²) in [5.41, 5.74) is 1.55. The van der Waals surface area contributed by atoms with Gasteiger partial charge in [-0.3, -0.25) is 0 Å². The first kappa shape index (κ1) is 13.3. The van der Waals surface area contributed by atoms with Crippen LogP contribution in [0.1, 0.15) is 32.5 Å². The van der Waals surface area contributed by atoms with Crippen LogP contribution in [0.3, 0.4) is 0 Å². The van der Waals surface area contributed by atoms with Gasteiger partial charge in [0.25, 0.3) is 0 Å². The highest BCUT2D eigenvalue weighted by atomic mass is 15.2. The average molecular weight is 248 g/mol. The number of nitrogens with zero attached hydrogens (tertiary/aromatic N) is 3. The summed E-state index contributed by atoms with van der Waals surface area (Å²) in [6, 6.07) is 0. The fourth-order valence-electron chi connectivity index (χ4n) is 2.88. The van der Waals surface area contributed by atoms with Crippen molar-refractivity contribution in [3.05, 3.63) is 23.8 Å². The van der Waals surface area contributed by atoms with E-state index in [0.29, 0.717) is 0 Å². The molecule has 1 aliphatic carbocycles. The fraction of sp³-hybridized carbons (Fsp3) is 0.714. The lowest BCUT2D eigenvalue weighted by Crippen LogP contribution is -2.28. The lowest BCUT2D eigenvalue weighted by atomic mass is 9.84. The van der Waals surface area contributed by atoms with E-state index in [1.807, 2.05) is 11.6 Å². The monoisotopic (exact) mass is 248 g/mol. The molecule has 1 aromatic heterocycles. The van der Waals surface area contributed by atoms with E-state index < -0.39 is 0 Å². The maximum atomic E-state index is 4.09. The lowest BCUT2D eigenvalue weighted by Gasteiger charge is -2.25. The van der Waals surface area contributed by atoms with Crippen LogP contribution in [-0.4, -0.2) is 27.9 Å². The molecule has 0 aromatic carbocycles. The number of rotatable bonds is 5. The molecule has 1 aliphatic rings. The van der Waals surface area contributed by atoms with E-state index in [-0.39, 0.29) is 0 Å². The molecule has 100 valence electrons. The van der Waals surface area contributed by atoms with Gasteiger partial charge in [-0.25, -0.2) is 0 Å². The van der Waals surface area contributed by atoms with Crippen LogP contribution in [0.25, 0.3) is 0 Å². The summed E-state index contributed by atoms with van der Waals surface area (Å²) >= 11 is 0. The second-order valence-electron chi connectivity index (χ2n) is 5.61. The van der Waals surface area contributed by atoms with Crippen molar-refractivity contribution in [3.63, 3.8) is 0 Å². The molecule has 4 nitrogen and oxygen atoms in total. The molecular formula is C14H24N4. The molecule has 4 heteroatoms. The standard InChI is InChI=1S/C14H24N4/c1-11-6-12(2)8-13(7-11)9-15-5-4-14-17-16-10-18(14)3/h6,10-11,13,15H,4-5,7-9H2,1-3H3. The Morgan fingerprint density at radius 1 is 1.50 bits per heavy atom. The number of hydrogen-bond donors (Lipinski definition) is 1. The maximum absolute atomic E-state index is 4.09. The highest BCUT2D eigenvalue weighted by Gasteiger charge is 2.17. The van der Waals surface area contributed by atoms with Gasteiger partial charge in [-0.2, -0.15) is 0 Å². The molecule has 1 aromatic rings. The molecule has 0 radical (unpaired) electrons. The average Bonchev–Trinajstić information content (AvgIpc) is 2.69. The number of hydrogen-bond acceptors (Lipinski definition) is 3. The minimum atomic E-state index is 0.740. The summed E-state index contributed by atoms with van der Waals surface area (Å²) < 4.78 is 1.98. The van der Waals surface area contributed by atoms with Crippen molar-refractivity contribution >= 4 is 0 Å². The minimum absolute atomic E-state index is 0.740. The number of aromatic nitrogens is 3. The van der Waals surface area contributed by atoms with E-state index in [9.17, 15) is 0 Å². The normalized spacial score (nSPS) is 24.1. The largest absolute Gasteiger partial charge is 0.321 e. The Balaban J connectivity index is 1.67. The Kier molecular flexibility index (Phi) is 4.53. The Bertz CT molecular complexity index is 408. The Morgan fingerprint density at radius 2 is 2.33 bits per heavy atom. The van der Waals surface area contributed by atoms with E-state index in [4.69, 9.17) is 0 Å². The van der Waals surface area contributed by atoms with Crippen molar-refractivity contribution in [2.24, 2.45) is 18.9 Å². The summed E-state index contributed by atoms with van der Waals surface area (Å²) in [6.45, 7) is 6.67. The van der Waals surface area contributed by atoms with Crippen LogP contribution in [0.4, 0.5) is 0 Å². The minimum Gasteiger partial charge on any atom is -0.321 e. The van der Waals surface area contributed by atoms with E-state index >= 15 is 0 Å². The fourth-order valence-corrected chi connectivity index (χ4v) is 2.88.